The lowest BCUT2D eigenvalue weighted by Crippen LogP contribution is -2.44. The number of piperidine rings is 1. The number of halogens is 1. The number of benzene rings is 1. The van der Waals surface area contributed by atoms with Crippen LogP contribution in [0, 0.1) is 0 Å². The van der Waals surface area contributed by atoms with Gasteiger partial charge in [-0.1, -0.05) is 17.7 Å². The minimum absolute atomic E-state index is 0.0681. The zero-order valence-corrected chi connectivity index (χ0v) is 14.9. The summed E-state index contributed by atoms with van der Waals surface area (Å²) >= 11 is 6.12. The van der Waals surface area contributed by atoms with Crippen molar-refractivity contribution in [1.82, 2.24) is 9.88 Å². The first-order valence-corrected chi connectivity index (χ1v) is 9.04. The molecule has 2 aromatic rings. The summed E-state index contributed by atoms with van der Waals surface area (Å²) in [5, 5.41) is 0.471. The second kappa shape index (κ2) is 7.41. The van der Waals surface area contributed by atoms with Gasteiger partial charge in [0.1, 0.15) is 30.1 Å². The van der Waals surface area contributed by atoms with Gasteiger partial charge in [0.15, 0.2) is 11.5 Å². The predicted octanol–water partition coefficient (Wildman–Crippen LogP) is 3.19. The number of hydrogen-bond acceptors (Lipinski definition) is 5. The van der Waals surface area contributed by atoms with Gasteiger partial charge in [-0.05, 0) is 25.0 Å². The quantitative estimate of drug-likeness (QED) is 0.825. The first kappa shape index (κ1) is 17.0. The van der Waals surface area contributed by atoms with Crippen LogP contribution in [0.4, 0.5) is 0 Å². The molecule has 1 saturated heterocycles. The molecule has 0 N–H and O–H groups in total. The van der Waals surface area contributed by atoms with E-state index in [4.69, 9.17) is 25.8 Å². The number of ether oxygens (including phenoxy) is 3. The fourth-order valence-electron chi connectivity index (χ4n) is 3.27. The molecule has 1 aromatic carbocycles. The Morgan fingerprint density at radius 3 is 3.04 bits per heavy atom. The molecule has 0 bridgehead atoms. The van der Waals surface area contributed by atoms with Gasteiger partial charge in [-0.3, -0.25) is 9.78 Å². The molecule has 3 heterocycles. The topological polar surface area (TPSA) is 60.9 Å². The van der Waals surface area contributed by atoms with Gasteiger partial charge < -0.3 is 19.1 Å². The summed E-state index contributed by atoms with van der Waals surface area (Å²) in [7, 11) is 0. The van der Waals surface area contributed by atoms with E-state index in [0.717, 1.165) is 12.8 Å². The van der Waals surface area contributed by atoms with Crippen molar-refractivity contribution >= 4 is 17.5 Å². The van der Waals surface area contributed by atoms with E-state index in [2.05, 4.69) is 4.98 Å². The van der Waals surface area contributed by atoms with Crippen LogP contribution < -0.4 is 14.2 Å². The van der Waals surface area contributed by atoms with Crippen LogP contribution in [0.3, 0.4) is 0 Å². The number of nitrogens with zero attached hydrogens (tertiary/aromatic N) is 2. The molecule has 7 heteroatoms. The molecule has 26 heavy (non-hydrogen) atoms. The van der Waals surface area contributed by atoms with E-state index in [1.807, 2.05) is 12.1 Å². The predicted molar refractivity (Wildman–Crippen MR) is 96.2 cm³/mol. The number of fused-ring (bicyclic) bond motifs is 1. The third kappa shape index (κ3) is 3.42. The normalized spacial score (nSPS) is 19.1. The summed E-state index contributed by atoms with van der Waals surface area (Å²) in [4.78, 5) is 18.8. The largest absolute Gasteiger partial charge is 0.487 e. The van der Waals surface area contributed by atoms with Crippen LogP contribution in [0.1, 0.15) is 23.2 Å². The molecule has 0 radical (unpaired) electrons. The van der Waals surface area contributed by atoms with Crippen molar-refractivity contribution in [3.8, 4) is 17.2 Å². The fraction of sp³-hybridized carbons (Fsp3) is 0.368. The Hall–Kier alpha value is -2.47. The van der Waals surface area contributed by atoms with Gasteiger partial charge in [0.25, 0.3) is 5.91 Å². The standard InChI is InChI=1S/C19H19ClN2O4/c20-15-11-21-7-6-16(15)26-13-3-2-8-22(12-13)19(23)14-4-1-5-17-18(14)25-10-9-24-17/h1,4-7,11,13H,2-3,8-10,12H2. The van der Waals surface area contributed by atoms with E-state index in [1.54, 1.807) is 29.4 Å². The van der Waals surface area contributed by atoms with E-state index in [9.17, 15) is 4.79 Å². The van der Waals surface area contributed by atoms with E-state index in [1.165, 1.54) is 0 Å². The van der Waals surface area contributed by atoms with E-state index >= 15 is 0 Å². The van der Waals surface area contributed by atoms with Crippen molar-refractivity contribution in [3.05, 3.63) is 47.2 Å². The molecule has 1 fully saturated rings. The van der Waals surface area contributed by atoms with Crippen molar-refractivity contribution in [3.63, 3.8) is 0 Å². The Morgan fingerprint density at radius 2 is 2.15 bits per heavy atom. The highest BCUT2D eigenvalue weighted by molar-refractivity contribution is 6.31. The SMILES string of the molecule is O=C(c1cccc2c1OCCO2)N1CCCC(Oc2ccncc2Cl)C1. The van der Waals surface area contributed by atoms with Gasteiger partial charge in [-0.15, -0.1) is 0 Å². The van der Waals surface area contributed by atoms with Crippen molar-refractivity contribution < 1.29 is 19.0 Å². The van der Waals surface area contributed by atoms with Crippen molar-refractivity contribution in [1.29, 1.82) is 0 Å². The molecule has 0 saturated carbocycles. The summed E-state index contributed by atoms with van der Waals surface area (Å²) in [5.74, 6) is 1.68. The number of pyridine rings is 1. The molecule has 4 rings (SSSR count). The summed E-state index contributed by atoms with van der Waals surface area (Å²) < 4.78 is 17.2. The van der Waals surface area contributed by atoms with Crippen molar-refractivity contribution in [2.45, 2.75) is 18.9 Å². The second-order valence-corrected chi connectivity index (χ2v) is 6.68. The Morgan fingerprint density at radius 1 is 1.27 bits per heavy atom. The molecule has 136 valence electrons. The third-order valence-corrected chi connectivity index (χ3v) is 4.77. The number of hydrogen-bond donors (Lipinski definition) is 0. The zero-order chi connectivity index (χ0) is 17.9. The molecular weight excluding hydrogens is 356 g/mol. The fourth-order valence-corrected chi connectivity index (χ4v) is 3.43. The van der Waals surface area contributed by atoms with Crippen LogP contribution in [0.15, 0.2) is 36.7 Å². The molecule has 1 unspecified atom stereocenters. The molecular formula is C19H19ClN2O4. The average molecular weight is 375 g/mol. The average Bonchev–Trinajstić information content (AvgIpc) is 2.69. The van der Waals surface area contributed by atoms with Crippen molar-refractivity contribution in [2.75, 3.05) is 26.3 Å². The monoisotopic (exact) mass is 374 g/mol. The molecule has 0 aliphatic carbocycles. The number of aromatic nitrogens is 1. The lowest BCUT2D eigenvalue weighted by Gasteiger charge is -2.33. The number of likely N-dealkylation sites (tertiary alicyclic amines) is 1. The molecule has 2 aliphatic heterocycles. The maximum atomic E-state index is 13.0. The highest BCUT2D eigenvalue weighted by atomic mass is 35.5. The minimum Gasteiger partial charge on any atom is -0.487 e. The highest BCUT2D eigenvalue weighted by Crippen LogP contribution is 2.35. The van der Waals surface area contributed by atoms with Gasteiger partial charge in [-0.2, -0.15) is 0 Å². The Balaban J connectivity index is 1.50. The molecule has 1 amide bonds. The number of carbonyl (C=O) groups excluding carboxylic acids is 1. The highest BCUT2D eigenvalue weighted by Gasteiger charge is 2.29. The third-order valence-electron chi connectivity index (χ3n) is 4.49. The Labute approximate surface area is 156 Å². The van der Waals surface area contributed by atoms with Crippen LogP contribution in [-0.2, 0) is 0 Å². The van der Waals surface area contributed by atoms with Gasteiger partial charge >= 0.3 is 0 Å². The first-order valence-electron chi connectivity index (χ1n) is 8.66. The van der Waals surface area contributed by atoms with Crippen molar-refractivity contribution in [2.24, 2.45) is 0 Å². The number of amides is 1. The molecule has 6 nitrogen and oxygen atoms in total. The van der Waals surface area contributed by atoms with Crippen LogP contribution in [0.25, 0.3) is 0 Å². The molecule has 1 aromatic heterocycles. The lowest BCUT2D eigenvalue weighted by molar-refractivity contribution is 0.0530. The first-order chi connectivity index (χ1) is 12.7. The van der Waals surface area contributed by atoms with Crippen LogP contribution in [0.2, 0.25) is 5.02 Å². The molecule has 2 aliphatic rings. The van der Waals surface area contributed by atoms with E-state index in [-0.39, 0.29) is 12.0 Å². The summed E-state index contributed by atoms with van der Waals surface area (Å²) in [6.07, 6.45) is 4.82. The maximum Gasteiger partial charge on any atom is 0.257 e. The van der Waals surface area contributed by atoms with E-state index < -0.39 is 0 Å². The summed E-state index contributed by atoms with van der Waals surface area (Å²) in [5.41, 5.74) is 0.532. The number of para-hydroxylation sites is 1. The summed E-state index contributed by atoms with van der Waals surface area (Å²) in [6, 6.07) is 7.15. The Bertz CT molecular complexity index is 814. The second-order valence-electron chi connectivity index (χ2n) is 6.27. The Kier molecular flexibility index (Phi) is 4.84. The minimum atomic E-state index is -0.107. The van der Waals surface area contributed by atoms with Crippen LogP contribution >= 0.6 is 11.6 Å². The number of rotatable bonds is 3. The van der Waals surface area contributed by atoms with Gasteiger partial charge in [0.05, 0.1) is 12.1 Å². The maximum absolute atomic E-state index is 13.0. The zero-order valence-electron chi connectivity index (χ0n) is 14.2. The van der Waals surface area contributed by atoms with Gasteiger partial charge in [0.2, 0.25) is 0 Å². The summed E-state index contributed by atoms with van der Waals surface area (Å²) in [6.45, 7) is 2.13. The number of carbonyl (C=O) groups is 1. The van der Waals surface area contributed by atoms with Gasteiger partial charge in [-0.25, -0.2) is 0 Å². The smallest absolute Gasteiger partial charge is 0.257 e. The molecule has 0 spiro atoms. The molecule has 1 atom stereocenters. The van der Waals surface area contributed by atoms with Crippen LogP contribution in [0.5, 0.6) is 17.2 Å². The van der Waals surface area contributed by atoms with Crippen LogP contribution in [-0.4, -0.2) is 48.2 Å². The van der Waals surface area contributed by atoms with Gasteiger partial charge in [0, 0.05) is 25.0 Å². The lowest BCUT2D eigenvalue weighted by atomic mass is 10.1. The van der Waals surface area contributed by atoms with E-state index in [0.29, 0.717) is 54.1 Å².